The molecule has 0 aromatic heterocycles. The van der Waals surface area contributed by atoms with E-state index in [2.05, 4.69) is 4.99 Å². The summed E-state index contributed by atoms with van der Waals surface area (Å²) in [6.45, 7) is 0. The smallest absolute Gasteiger partial charge is 0.0567 e. The van der Waals surface area contributed by atoms with Crippen LogP contribution in [0.2, 0.25) is 0 Å². The molecule has 0 aromatic rings. The van der Waals surface area contributed by atoms with Crippen LogP contribution in [0.4, 0.5) is 0 Å². The number of rotatable bonds is 0. The SMILES string of the molecule is OC1CC2CSC=NC2C1. The van der Waals surface area contributed by atoms with Gasteiger partial charge in [0, 0.05) is 5.75 Å². The third kappa shape index (κ3) is 1.08. The summed E-state index contributed by atoms with van der Waals surface area (Å²) >= 11 is 1.77. The third-order valence-electron chi connectivity index (χ3n) is 2.27. The highest BCUT2D eigenvalue weighted by Crippen LogP contribution is 2.33. The van der Waals surface area contributed by atoms with Crippen molar-refractivity contribution in [1.82, 2.24) is 0 Å². The van der Waals surface area contributed by atoms with Crippen LogP contribution in [-0.2, 0) is 0 Å². The standard InChI is InChI=1S/C7H11NOS/c9-6-1-5-3-10-4-8-7(5)2-6/h4-7,9H,1-3H2. The van der Waals surface area contributed by atoms with E-state index in [1.807, 2.05) is 5.55 Å². The summed E-state index contributed by atoms with van der Waals surface area (Å²) in [5, 5.41) is 9.28. The van der Waals surface area contributed by atoms with Crippen molar-refractivity contribution < 1.29 is 5.11 Å². The molecule has 3 heteroatoms. The minimum Gasteiger partial charge on any atom is -0.393 e. The molecule has 1 N–H and O–H groups in total. The molecule has 0 amide bonds. The number of hydrogen-bond donors (Lipinski definition) is 1. The maximum atomic E-state index is 9.28. The minimum atomic E-state index is -0.0779. The minimum absolute atomic E-state index is 0.0779. The molecular weight excluding hydrogens is 146 g/mol. The average molecular weight is 157 g/mol. The van der Waals surface area contributed by atoms with Gasteiger partial charge >= 0.3 is 0 Å². The van der Waals surface area contributed by atoms with Gasteiger partial charge < -0.3 is 5.11 Å². The Kier molecular flexibility index (Phi) is 1.70. The molecule has 1 aliphatic heterocycles. The van der Waals surface area contributed by atoms with E-state index in [1.54, 1.807) is 11.8 Å². The molecule has 10 heavy (non-hydrogen) atoms. The van der Waals surface area contributed by atoms with Crippen molar-refractivity contribution in [3.05, 3.63) is 0 Å². The van der Waals surface area contributed by atoms with Crippen LogP contribution in [0.3, 0.4) is 0 Å². The Morgan fingerprint density at radius 1 is 1.50 bits per heavy atom. The van der Waals surface area contributed by atoms with Crippen molar-refractivity contribution in [2.75, 3.05) is 5.75 Å². The summed E-state index contributed by atoms with van der Waals surface area (Å²) in [6, 6.07) is 0.441. The van der Waals surface area contributed by atoms with Gasteiger partial charge in [0.15, 0.2) is 0 Å². The van der Waals surface area contributed by atoms with Gasteiger partial charge in [-0.15, -0.1) is 11.8 Å². The summed E-state index contributed by atoms with van der Waals surface area (Å²) in [5.41, 5.74) is 1.93. The molecule has 56 valence electrons. The largest absolute Gasteiger partial charge is 0.393 e. The third-order valence-corrected chi connectivity index (χ3v) is 3.16. The van der Waals surface area contributed by atoms with Crippen LogP contribution in [0.25, 0.3) is 0 Å². The molecule has 0 spiro atoms. The first-order chi connectivity index (χ1) is 4.86. The lowest BCUT2D eigenvalue weighted by Crippen LogP contribution is -2.17. The van der Waals surface area contributed by atoms with E-state index in [9.17, 15) is 5.11 Å². The van der Waals surface area contributed by atoms with Crippen LogP contribution in [0.1, 0.15) is 12.8 Å². The second-order valence-electron chi connectivity index (χ2n) is 3.04. The van der Waals surface area contributed by atoms with Gasteiger partial charge in [0.2, 0.25) is 0 Å². The first-order valence-corrected chi connectivity index (χ1v) is 4.72. The molecule has 0 saturated heterocycles. The van der Waals surface area contributed by atoms with Crippen molar-refractivity contribution >= 4 is 17.3 Å². The van der Waals surface area contributed by atoms with Gasteiger partial charge in [0.05, 0.1) is 17.7 Å². The Hall–Kier alpha value is -0.0200. The Labute approximate surface area is 64.7 Å². The number of nitrogens with zero attached hydrogens (tertiary/aromatic N) is 1. The van der Waals surface area contributed by atoms with Crippen molar-refractivity contribution in [2.24, 2.45) is 10.9 Å². The van der Waals surface area contributed by atoms with E-state index in [1.165, 1.54) is 0 Å². The van der Waals surface area contributed by atoms with Crippen molar-refractivity contribution in [2.45, 2.75) is 25.0 Å². The lowest BCUT2D eigenvalue weighted by Gasteiger charge is -2.17. The number of fused-ring (bicyclic) bond motifs is 1. The molecule has 2 rings (SSSR count). The Morgan fingerprint density at radius 3 is 3.20 bits per heavy atom. The van der Waals surface area contributed by atoms with Gasteiger partial charge in [-0.05, 0) is 18.8 Å². The number of aliphatic hydroxyl groups excluding tert-OH is 1. The zero-order valence-electron chi connectivity index (χ0n) is 5.73. The zero-order valence-corrected chi connectivity index (χ0v) is 6.55. The predicted octanol–water partition coefficient (Wildman–Crippen LogP) is 0.901. The van der Waals surface area contributed by atoms with E-state index in [0.717, 1.165) is 18.6 Å². The Balaban J connectivity index is 2.08. The maximum absolute atomic E-state index is 9.28. The lowest BCUT2D eigenvalue weighted by molar-refractivity contribution is 0.178. The molecule has 2 nitrogen and oxygen atoms in total. The Morgan fingerprint density at radius 2 is 2.40 bits per heavy atom. The van der Waals surface area contributed by atoms with Gasteiger partial charge in [-0.25, -0.2) is 0 Å². The average Bonchev–Trinajstić information content (AvgIpc) is 2.27. The van der Waals surface area contributed by atoms with E-state index in [-0.39, 0.29) is 6.10 Å². The highest BCUT2D eigenvalue weighted by Gasteiger charge is 2.33. The Bertz CT molecular complexity index is 160. The summed E-state index contributed by atoms with van der Waals surface area (Å²) in [7, 11) is 0. The topological polar surface area (TPSA) is 32.6 Å². The van der Waals surface area contributed by atoms with Crippen LogP contribution in [0, 0.1) is 5.92 Å². The molecular formula is C7H11NOS. The van der Waals surface area contributed by atoms with E-state index < -0.39 is 0 Å². The molecule has 1 saturated carbocycles. The maximum Gasteiger partial charge on any atom is 0.0567 e. The lowest BCUT2D eigenvalue weighted by atomic mass is 10.1. The predicted molar refractivity (Wildman–Crippen MR) is 43.5 cm³/mol. The number of thioether (sulfide) groups is 1. The normalized spacial score (nSPS) is 45.5. The van der Waals surface area contributed by atoms with Crippen LogP contribution in [0.15, 0.2) is 4.99 Å². The number of hydrogen-bond acceptors (Lipinski definition) is 3. The van der Waals surface area contributed by atoms with Gasteiger partial charge in [0.1, 0.15) is 0 Å². The first-order valence-electron chi connectivity index (χ1n) is 3.67. The van der Waals surface area contributed by atoms with Crippen LogP contribution >= 0.6 is 11.8 Å². The number of aliphatic hydroxyl groups is 1. The van der Waals surface area contributed by atoms with E-state index in [4.69, 9.17) is 0 Å². The van der Waals surface area contributed by atoms with Crippen molar-refractivity contribution in [3.63, 3.8) is 0 Å². The summed E-state index contributed by atoms with van der Waals surface area (Å²) in [5.74, 6) is 1.82. The van der Waals surface area contributed by atoms with Crippen LogP contribution in [0.5, 0.6) is 0 Å². The molecule has 1 heterocycles. The number of aliphatic imine (C=N–C) groups is 1. The fourth-order valence-corrected chi connectivity index (χ4v) is 2.66. The monoisotopic (exact) mass is 157 g/mol. The van der Waals surface area contributed by atoms with Crippen molar-refractivity contribution in [1.29, 1.82) is 0 Å². The van der Waals surface area contributed by atoms with Gasteiger partial charge in [-0.1, -0.05) is 0 Å². The van der Waals surface area contributed by atoms with E-state index in [0.29, 0.717) is 12.0 Å². The molecule has 0 aromatic carbocycles. The highest BCUT2D eigenvalue weighted by molar-refractivity contribution is 8.12. The summed E-state index contributed by atoms with van der Waals surface area (Å²) < 4.78 is 0. The molecule has 0 radical (unpaired) electrons. The molecule has 0 bridgehead atoms. The van der Waals surface area contributed by atoms with Crippen LogP contribution < -0.4 is 0 Å². The second kappa shape index (κ2) is 2.55. The highest BCUT2D eigenvalue weighted by atomic mass is 32.2. The van der Waals surface area contributed by atoms with Crippen LogP contribution in [-0.4, -0.2) is 28.6 Å². The molecule has 3 atom stereocenters. The quantitative estimate of drug-likeness (QED) is 0.566. The van der Waals surface area contributed by atoms with E-state index >= 15 is 0 Å². The van der Waals surface area contributed by atoms with Crippen molar-refractivity contribution in [3.8, 4) is 0 Å². The fourth-order valence-electron chi connectivity index (χ4n) is 1.72. The molecule has 1 aliphatic carbocycles. The van der Waals surface area contributed by atoms with Gasteiger partial charge in [-0.2, -0.15) is 0 Å². The second-order valence-corrected chi connectivity index (χ2v) is 3.92. The summed E-state index contributed by atoms with van der Waals surface area (Å²) in [4.78, 5) is 4.32. The fraction of sp³-hybridized carbons (Fsp3) is 0.857. The molecule has 2 aliphatic rings. The zero-order chi connectivity index (χ0) is 6.97. The first kappa shape index (κ1) is 6.68. The summed E-state index contributed by atoms with van der Waals surface area (Å²) in [6.07, 6.45) is 1.78. The van der Waals surface area contributed by atoms with Gasteiger partial charge in [-0.3, -0.25) is 4.99 Å². The molecule has 3 unspecified atom stereocenters. The van der Waals surface area contributed by atoms with Gasteiger partial charge in [0.25, 0.3) is 0 Å². The molecule has 1 fully saturated rings.